The molecule has 0 aliphatic rings. The van der Waals surface area contributed by atoms with Gasteiger partial charge < -0.3 is 15.4 Å². The fourth-order valence-corrected chi connectivity index (χ4v) is 2.81. The lowest BCUT2D eigenvalue weighted by molar-refractivity contribution is 0.0954. The van der Waals surface area contributed by atoms with Crippen LogP contribution in [0.4, 0.5) is 5.69 Å². The van der Waals surface area contributed by atoms with Gasteiger partial charge in [-0.3, -0.25) is 9.59 Å². The number of nitrogens with one attached hydrogen (secondary N) is 2. The van der Waals surface area contributed by atoms with Crippen molar-refractivity contribution in [2.45, 2.75) is 19.8 Å². The molecule has 0 bridgehead atoms. The summed E-state index contributed by atoms with van der Waals surface area (Å²) in [5.74, 6) is 0.540. The molecule has 0 atom stereocenters. The average molecular weight is 388 g/mol. The van der Waals surface area contributed by atoms with Gasteiger partial charge in [0.25, 0.3) is 11.8 Å². The van der Waals surface area contributed by atoms with Crippen LogP contribution in [0.5, 0.6) is 11.5 Å². The van der Waals surface area contributed by atoms with Gasteiger partial charge in [-0.25, -0.2) is 0 Å². The van der Waals surface area contributed by atoms with Crippen molar-refractivity contribution in [3.63, 3.8) is 0 Å². The van der Waals surface area contributed by atoms with E-state index in [1.165, 1.54) is 0 Å². The van der Waals surface area contributed by atoms with Gasteiger partial charge in [-0.05, 0) is 42.8 Å². The summed E-state index contributed by atoms with van der Waals surface area (Å²) in [4.78, 5) is 25.4. The van der Waals surface area contributed by atoms with E-state index >= 15 is 0 Å². The summed E-state index contributed by atoms with van der Waals surface area (Å²) < 4.78 is 5.87. The smallest absolute Gasteiger partial charge is 0.259 e. The maximum atomic E-state index is 12.9. The molecule has 2 amide bonds. The summed E-state index contributed by atoms with van der Waals surface area (Å²) in [6, 6.07) is 23.3. The Hall–Kier alpha value is -3.60. The first kappa shape index (κ1) is 20.1. The van der Waals surface area contributed by atoms with E-state index in [0.717, 1.165) is 12.8 Å². The van der Waals surface area contributed by atoms with Crippen molar-refractivity contribution in [1.82, 2.24) is 5.32 Å². The molecule has 0 saturated carbocycles. The molecule has 3 aromatic rings. The molecule has 148 valence electrons. The van der Waals surface area contributed by atoms with Crippen LogP contribution in [0.25, 0.3) is 0 Å². The van der Waals surface area contributed by atoms with Crippen molar-refractivity contribution in [1.29, 1.82) is 0 Å². The van der Waals surface area contributed by atoms with Crippen LogP contribution in [0.1, 0.15) is 40.5 Å². The summed E-state index contributed by atoms with van der Waals surface area (Å²) in [5.41, 5.74) is 1.27. The van der Waals surface area contributed by atoms with E-state index in [1.54, 1.807) is 42.5 Å². The Morgan fingerprint density at radius 2 is 1.45 bits per heavy atom. The van der Waals surface area contributed by atoms with Crippen molar-refractivity contribution in [3.8, 4) is 11.5 Å². The van der Waals surface area contributed by atoms with E-state index in [1.807, 2.05) is 36.4 Å². The first-order valence-electron chi connectivity index (χ1n) is 9.69. The number of benzene rings is 3. The number of hydrogen-bond acceptors (Lipinski definition) is 3. The highest BCUT2D eigenvalue weighted by molar-refractivity contribution is 6.10. The molecule has 0 heterocycles. The van der Waals surface area contributed by atoms with Crippen LogP contribution in [-0.4, -0.2) is 18.4 Å². The third-order valence-electron chi connectivity index (χ3n) is 4.34. The first-order valence-corrected chi connectivity index (χ1v) is 9.69. The molecule has 0 aliphatic heterocycles. The van der Waals surface area contributed by atoms with Gasteiger partial charge in [0.05, 0.1) is 16.8 Å². The Kier molecular flexibility index (Phi) is 7.00. The lowest BCUT2D eigenvalue weighted by atomic mass is 10.1. The molecule has 3 rings (SSSR count). The normalized spacial score (nSPS) is 10.2. The van der Waals surface area contributed by atoms with Gasteiger partial charge in [-0.2, -0.15) is 0 Å². The monoisotopic (exact) mass is 388 g/mol. The minimum Gasteiger partial charge on any atom is -0.457 e. The summed E-state index contributed by atoms with van der Waals surface area (Å²) in [6.45, 7) is 2.67. The number of unbranched alkanes of at least 4 members (excludes halogenated alkanes) is 1. The molecule has 0 aromatic heterocycles. The average Bonchev–Trinajstić information content (AvgIpc) is 2.75. The Morgan fingerprint density at radius 3 is 2.21 bits per heavy atom. The third-order valence-corrected chi connectivity index (χ3v) is 4.34. The number of para-hydroxylation sites is 3. The number of ether oxygens (including phenoxy) is 1. The number of rotatable bonds is 8. The molecule has 0 fully saturated rings. The highest BCUT2D eigenvalue weighted by Gasteiger charge is 2.17. The second-order valence-electron chi connectivity index (χ2n) is 6.52. The van der Waals surface area contributed by atoms with Crippen molar-refractivity contribution in [2.75, 3.05) is 11.9 Å². The maximum absolute atomic E-state index is 12.9. The van der Waals surface area contributed by atoms with Crippen molar-refractivity contribution in [3.05, 3.63) is 90.0 Å². The van der Waals surface area contributed by atoms with Crippen LogP contribution in [0.3, 0.4) is 0 Å². The molecule has 3 aromatic carbocycles. The Bertz CT molecular complexity index is 971. The second kappa shape index (κ2) is 10.1. The zero-order chi connectivity index (χ0) is 20.5. The molecule has 5 nitrogen and oxygen atoms in total. The predicted octanol–water partition coefficient (Wildman–Crippen LogP) is 5.26. The lowest BCUT2D eigenvalue weighted by Gasteiger charge is -2.14. The molecule has 0 radical (unpaired) electrons. The van der Waals surface area contributed by atoms with Gasteiger partial charge in [0.1, 0.15) is 11.5 Å². The standard InChI is InChI=1S/C24H24N2O3/c1-2-3-17-25-23(27)19-13-7-9-15-21(19)26-24(28)20-14-8-10-16-22(20)29-18-11-5-4-6-12-18/h4-16H,2-3,17H2,1H3,(H,25,27)(H,26,28). The Balaban J connectivity index is 1.79. The van der Waals surface area contributed by atoms with Crippen LogP contribution >= 0.6 is 0 Å². The van der Waals surface area contributed by atoms with Gasteiger partial charge in [0.15, 0.2) is 0 Å². The zero-order valence-electron chi connectivity index (χ0n) is 16.4. The quantitative estimate of drug-likeness (QED) is 0.517. The molecule has 0 unspecified atom stereocenters. The van der Waals surface area contributed by atoms with E-state index in [4.69, 9.17) is 4.74 Å². The fourth-order valence-electron chi connectivity index (χ4n) is 2.81. The summed E-state index contributed by atoms with van der Waals surface area (Å²) >= 11 is 0. The summed E-state index contributed by atoms with van der Waals surface area (Å²) in [6.07, 6.45) is 1.90. The Morgan fingerprint density at radius 1 is 0.793 bits per heavy atom. The van der Waals surface area contributed by atoms with E-state index in [-0.39, 0.29) is 11.8 Å². The van der Waals surface area contributed by atoms with Gasteiger partial charge in [0.2, 0.25) is 0 Å². The highest BCUT2D eigenvalue weighted by atomic mass is 16.5. The van der Waals surface area contributed by atoms with Crippen LogP contribution in [0, 0.1) is 0 Å². The van der Waals surface area contributed by atoms with Gasteiger partial charge in [-0.1, -0.05) is 55.8 Å². The van der Waals surface area contributed by atoms with Gasteiger partial charge in [0, 0.05) is 6.54 Å². The topological polar surface area (TPSA) is 67.4 Å². The molecule has 5 heteroatoms. The summed E-state index contributed by atoms with van der Waals surface area (Å²) in [5, 5.41) is 5.73. The Labute approximate surface area is 170 Å². The predicted molar refractivity (Wildman–Crippen MR) is 115 cm³/mol. The number of hydrogen-bond donors (Lipinski definition) is 2. The first-order chi connectivity index (χ1) is 14.2. The van der Waals surface area contributed by atoms with Crippen LogP contribution in [-0.2, 0) is 0 Å². The van der Waals surface area contributed by atoms with Crippen molar-refractivity contribution < 1.29 is 14.3 Å². The van der Waals surface area contributed by atoms with Crippen molar-refractivity contribution >= 4 is 17.5 Å². The SMILES string of the molecule is CCCCNC(=O)c1ccccc1NC(=O)c1ccccc1Oc1ccccc1. The van der Waals surface area contributed by atoms with E-state index in [0.29, 0.717) is 34.9 Å². The van der Waals surface area contributed by atoms with E-state index in [2.05, 4.69) is 17.6 Å². The van der Waals surface area contributed by atoms with E-state index < -0.39 is 0 Å². The van der Waals surface area contributed by atoms with Crippen LogP contribution in [0.15, 0.2) is 78.9 Å². The minimum atomic E-state index is -0.342. The molecular weight excluding hydrogens is 364 g/mol. The molecule has 29 heavy (non-hydrogen) atoms. The minimum absolute atomic E-state index is 0.205. The molecule has 2 N–H and O–H groups in total. The second-order valence-corrected chi connectivity index (χ2v) is 6.52. The molecule has 0 saturated heterocycles. The lowest BCUT2D eigenvalue weighted by Crippen LogP contribution is -2.26. The number of carbonyl (C=O) groups excluding carboxylic acids is 2. The summed E-state index contributed by atoms with van der Waals surface area (Å²) in [7, 11) is 0. The maximum Gasteiger partial charge on any atom is 0.259 e. The van der Waals surface area contributed by atoms with Gasteiger partial charge >= 0.3 is 0 Å². The number of carbonyl (C=O) groups is 2. The third kappa shape index (κ3) is 5.45. The zero-order valence-corrected chi connectivity index (χ0v) is 16.4. The number of anilines is 1. The fraction of sp³-hybridized carbons (Fsp3) is 0.167. The largest absolute Gasteiger partial charge is 0.457 e. The highest BCUT2D eigenvalue weighted by Crippen LogP contribution is 2.26. The van der Waals surface area contributed by atoms with Crippen LogP contribution < -0.4 is 15.4 Å². The van der Waals surface area contributed by atoms with Crippen LogP contribution in [0.2, 0.25) is 0 Å². The van der Waals surface area contributed by atoms with E-state index in [9.17, 15) is 9.59 Å². The molecular formula is C24H24N2O3. The number of amides is 2. The van der Waals surface area contributed by atoms with Crippen molar-refractivity contribution in [2.24, 2.45) is 0 Å². The van der Waals surface area contributed by atoms with Gasteiger partial charge in [-0.15, -0.1) is 0 Å². The molecule has 0 spiro atoms. The molecule has 0 aliphatic carbocycles.